The molecule has 0 atom stereocenters. The first kappa shape index (κ1) is 15.7. The smallest absolute Gasteiger partial charge is 0.294 e. The molecule has 1 rings (SSSR count). The summed E-state index contributed by atoms with van der Waals surface area (Å²) in [6, 6.07) is 3.96. The number of carbonyl (C=O) groups excluding carboxylic acids is 2. The van der Waals surface area contributed by atoms with Gasteiger partial charge in [-0.3, -0.25) is 9.59 Å². The maximum atomic E-state index is 12.3. The van der Waals surface area contributed by atoms with E-state index in [9.17, 15) is 22.8 Å². The molecule has 0 unspecified atom stereocenters. The third-order valence-electron chi connectivity index (χ3n) is 2.08. The zero-order valence-corrected chi connectivity index (χ0v) is 11.0. The van der Waals surface area contributed by atoms with Crippen LogP contribution in [-0.4, -0.2) is 17.7 Å². The van der Waals surface area contributed by atoms with Crippen LogP contribution in [0.25, 0.3) is 6.08 Å². The van der Waals surface area contributed by atoms with Gasteiger partial charge in [-0.05, 0) is 36.8 Å². The normalized spacial score (nSPS) is 12.4. The molecule has 1 aromatic rings. The molecule has 0 heterocycles. The highest BCUT2D eigenvalue weighted by atomic mass is 35.5. The Bertz CT molecular complexity index is 542. The van der Waals surface area contributed by atoms with Crippen LogP contribution in [0.3, 0.4) is 0 Å². The molecule has 7 heteroatoms. The van der Waals surface area contributed by atoms with Crippen LogP contribution in [0.4, 0.5) is 13.2 Å². The summed E-state index contributed by atoms with van der Waals surface area (Å²) in [7, 11) is 0. The van der Waals surface area contributed by atoms with Gasteiger partial charge in [0.2, 0.25) is 0 Å². The fraction of sp³-hybridized carbons (Fsp3) is 0.167. The predicted octanol–water partition coefficient (Wildman–Crippen LogP) is 4.10. The first-order valence-electron chi connectivity index (χ1n) is 4.91. The number of hydrogen-bond donors (Lipinski definition) is 0. The van der Waals surface area contributed by atoms with Crippen molar-refractivity contribution < 1.29 is 22.8 Å². The molecule has 2 nitrogen and oxygen atoms in total. The maximum Gasteiger partial charge on any atom is 0.455 e. The zero-order valence-electron chi connectivity index (χ0n) is 9.52. The minimum Gasteiger partial charge on any atom is -0.294 e. The van der Waals surface area contributed by atoms with Crippen molar-refractivity contribution in [3.63, 3.8) is 0 Å². The average Bonchev–Trinajstić information content (AvgIpc) is 2.21. The maximum absolute atomic E-state index is 12.3. The third-order valence-corrected chi connectivity index (χ3v) is 2.51. The van der Waals surface area contributed by atoms with Gasteiger partial charge in [0.1, 0.15) is 0 Å². The Morgan fingerprint density at radius 1 is 1.11 bits per heavy atom. The van der Waals surface area contributed by atoms with Crippen LogP contribution < -0.4 is 0 Å². The predicted molar refractivity (Wildman–Crippen MR) is 66.2 cm³/mol. The van der Waals surface area contributed by atoms with Crippen LogP contribution >= 0.6 is 23.2 Å². The highest BCUT2D eigenvalue weighted by Gasteiger charge is 2.41. The van der Waals surface area contributed by atoms with Crippen LogP contribution in [0.5, 0.6) is 0 Å². The summed E-state index contributed by atoms with van der Waals surface area (Å²) in [6.07, 6.45) is -4.30. The summed E-state index contributed by atoms with van der Waals surface area (Å²) >= 11 is 11.4. The van der Waals surface area contributed by atoms with Crippen molar-refractivity contribution >= 4 is 40.8 Å². The van der Waals surface area contributed by atoms with Gasteiger partial charge in [0.05, 0.1) is 5.57 Å². The number of rotatable bonds is 3. The van der Waals surface area contributed by atoms with E-state index in [2.05, 4.69) is 0 Å². The van der Waals surface area contributed by atoms with Gasteiger partial charge in [-0.1, -0.05) is 23.2 Å². The molecule has 0 aliphatic heterocycles. The van der Waals surface area contributed by atoms with Gasteiger partial charge in [-0.2, -0.15) is 13.2 Å². The number of Topliss-reactive ketones (excluding diaryl/α,β-unsaturated/α-hetero) is 2. The molecule has 0 aliphatic carbocycles. The summed E-state index contributed by atoms with van der Waals surface area (Å²) in [5.41, 5.74) is -0.828. The van der Waals surface area contributed by atoms with Gasteiger partial charge in [-0.15, -0.1) is 0 Å². The van der Waals surface area contributed by atoms with Crippen molar-refractivity contribution in [2.75, 3.05) is 0 Å². The quantitative estimate of drug-likeness (QED) is 0.478. The Morgan fingerprint density at radius 2 is 1.58 bits per heavy atom. The van der Waals surface area contributed by atoms with E-state index < -0.39 is 23.3 Å². The lowest BCUT2D eigenvalue weighted by Gasteiger charge is -2.07. The lowest BCUT2D eigenvalue weighted by molar-refractivity contribution is -0.166. The van der Waals surface area contributed by atoms with Crippen LogP contribution in [0.1, 0.15) is 12.5 Å². The summed E-state index contributed by atoms with van der Waals surface area (Å²) < 4.78 is 37.0. The number of allylic oxidation sites excluding steroid dienone is 1. The summed E-state index contributed by atoms with van der Waals surface area (Å²) in [4.78, 5) is 22.3. The molecule has 0 bridgehead atoms. The van der Waals surface area contributed by atoms with Crippen LogP contribution in [0, 0.1) is 0 Å². The van der Waals surface area contributed by atoms with E-state index in [1.807, 2.05) is 0 Å². The molecule has 19 heavy (non-hydrogen) atoms. The number of carbonyl (C=O) groups is 2. The SMILES string of the molecule is CC(=O)/C(=C/c1cc(Cl)cc(Cl)c1)C(=O)C(F)(F)F. The molecule has 0 spiro atoms. The van der Waals surface area contributed by atoms with E-state index >= 15 is 0 Å². The molecule has 0 aromatic heterocycles. The van der Waals surface area contributed by atoms with Gasteiger partial charge in [0.15, 0.2) is 5.78 Å². The van der Waals surface area contributed by atoms with E-state index in [-0.39, 0.29) is 15.6 Å². The Kier molecular flexibility index (Phi) is 4.76. The number of halogens is 5. The number of ketones is 2. The topological polar surface area (TPSA) is 34.1 Å². The second-order valence-corrected chi connectivity index (χ2v) is 4.52. The van der Waals surface area contributed by atoms with Gasteiger partial charge < -0.3 is 0 Å². The monoisotopic (exact) mass is 310 g/mol. The standard InChI is InChI=1S/C12H7Cl2F3O2/c1-6(18)10(11(19)12(15,16)17)4-7-2-8(13)5-9(14)3-7/h2-5H,1H3/b10-4-. The summed E-state index contributed by atoms with van der Waals surface area (Å²) in [6.45, 7) is 0.877. The molecule has 0 radical (unpaired) electrons. The molecule has 0 amide bonds. The zero-order chi connectivity index (χ0) is 14.8. The highest BCUT2D eigenvalue weighted by molar-refractivity contribution is 6.35. The van der Waals surface area contributed by atoms with Crippen molar-refractivity contribution in [2.45, 2.75) is 13.1 Å². The summed E-state index contributed by atoms with van der Waals surface area (Å²) in [5.74, 6) is -3.19. The molecule has 102 valence electrons. The largest absolute Gasteiger partial charge is 0.455 e. The van der Waals surface area contributed by atoms with Crippen molar-refractivity contribution in [1.29, 1.82) is 0 Å². The van der Waals surface area contributed by atoms with E-state index in [0.717, 1.165) is 13.0 Å². The molecule has 0 aliphatic rings. The average molecular weight is 311 g/mol. The van der Waals surface area contributed by atoms with Crippen molar-refractivity contribution in [3.05, 3.63) is 39.4 Å². The number of alkyl halides is 3. The van der Waals surface area contributed by atoms with Crippen molar-refractivity contribution in [3.8, 4) is 0 Å². The molecule has 0 saturated heterocycles. The third kappa shape index (κ3) is 4.36. The van der Waals surface area contributed by atoms with Gasteiger partial charge in [-0.25, -0.2) is 0 Å². The number of hydrogen-bond acceptors (Lipinski definition) is 2. The Morgan fingerprint density at radius 3 is 1.95 bits per heavy atom. The second kappa shape index (κ2) is 5.75. The first-order valence-corrected chi connectivity index (χ1v) is 5.67. The molecule has 0 N–H and O–H groups in total. The lowest BCUT2D eigenvalue weighted by atomic mass is 10.0. The lowest BCUT2D eigenvalue weighted by Crippen LogP contribution is -2.27. The fourth-order valence-electron chi connectivity index (χ4n) is 1.30. The Hall–Kier alpha value is -1.33. The minimum atomic E-state index is -5.11. The van der Waals surface area contributed by atoms with E-state index in [1.165, 1.54) is 18.2 Å². The van der Waals surface area contributed by atoms with Crippen LogP contribution in [0.15, 0.2) is 23.8 Å². The Labute approximate surface area is 116 Å². The Balaban J connectivity index is 3.30. The highest BCUT2D eigenvalue weighted by Crippen LogP contribution is 2.25. The van der Waals surface area contributed by atoms with Crippen LogP contribution in [-0.2, 0) is 9.59 Å². The van der Waals surface area contributed by atoms with E-state index in [0.29, 0.717) is 0 Å². The van der Waals surface area contributed by atoms with Gasteiger partial charge in [0, 0.05) is 10.0 Å². The first-order chi connectivity index (χ1) is 8.61. The second-order valence-electron chi connectivity index (χ2n) is 3.64. The fourth-order valence-corrected chi connectivity index (χ4v) is 1.85. The molecular formula is C12H7Cl2F3O2. The van der Waals surface area contributed by atoms with Gasteiger partial charge >= 0.3 is 6.18 Å². The van der Waals surface area contributed by atoms with Crippen molar-refractivity contribution in [1.82, 2.24) is 0 Å². The van der Waals surface area contributed by atoms with Crippen molar-refractivity contribution in [2.24, 2.45) is 0 Å². The minimum absolute atomic E-state index is 0.139. The molecule has 1 aromatic carbocycles. The molecule has 0 fully saturated rings. The van der Waals surface area contributed by atoms with E-state index in [4.69, 9.17) is 23.2 Å². The van der Waals surface area contributed by atoms with E-state index in [1.54, 1.807) is 0 Å². The number of benzene rings is 1. The van der Waals surface area contributed by atoms with Crippen LogP contribution in [0.2, 0.25) is 10.0 Å². The molecular weight excluding hydrogens is 304 g/mol. The van der Waals surface area contributed by atoms with Gasteiger partial charge in [0.25, 0.3) is 5.78 Å². The summed E-state index contributed by atoms with van der Waals surface area (Å²) in [5, 5.41) is 0.363. The molecule has 0 saturated carbocycles.